The molecule has 0 radical (unpaired) electrons. The van der Waals surface area contributed by atoms with Crippen LogP contribution in [0, 0.1) is 0 Å². The zero-order valence-electron chi connectivity index (χ0n) is 12.1. The van der Waals surface area contributed by atoms with E-state index in [0.717, 1.165) is 0 Å². The van der Waals surface area contributed by atoms with Gasteiger partial charge in [0.25, 0.3) is 10.0 Å². The molecule has 8 heteroatoms. The van der Waals surface area contributed by atoms with Gasteiger partial charge in [0.15, 0.2) is 5.82 Å². The molecule has 0 saturated carbocycles. The Morgan fingerprint density at radius 1 is 1.33 bits per heavy atom. The predicted molar refractivity (Wildman–Crippen MR) is 80.9 cm³/mol. The first-order chi connectivity index (χ1) is 9.90. The molecule has 114 valence electrons. The molecule has 0 spiro atoms. The molecule has 1 aromatic carbocycles. The first-order valence-corrected chi connectivity index (χ1v) is 7.80. The van der Waals surface area contributed by atoms with Crippen molar-refractivity contribution in [2.45, 2.75) is 18.4 Å². The Morgan fingerprint density at radius 2 is 1.95 bits per heavy atom. The number of sulfonamides is 1. The zero-order valence-corrected chi connectivity index (χ0v) is 13.0. The molecule has 0 unspecified atom stereocenters. The second-order valence-corrected chi connectivity index (χ2v) is 6.34. The van der Waals surface area contributed by atoms with E-state index in [1.807, 2.05) is 6.92 Å². The highest BCUT2D eigenvalue weighted by atomic mass is 32.2. The van der Waals surface area contributed by atoms with Crippen LogP contribution in [0.25, 0.3) is 0 Å². The highest BCUT2D eigenvalue weighted by molar-refractivity contribution is 7.93. The van der Waals surface area contributed by atoms with Gasteiger partial charge in [-0.05, 0) is 31.2 Å². The standard InChI is InChI=1S/C13H18N4O3S/c1-4-17-9-12(13(14)15-17)21(18,19)16(2)10-5-7-11(20-3)8-6-10/h5-9H,4H2,1-3H3,(H2,14,15). The van der Waals surface area contributed by atoms with E-state index in [1.54, 1.807) is 31.4 Å². The van der Waals surface area contributed by atoms with Crippen LogP contribution in [0.2, 0.25) is 0 Å². The SMILES string of the molecule is CCn1cc(S(=O)(=O)N(C)c2ccc(OC)cc2)c(N)n1. The maximum absolute atomic E-state index is 12.6. The van der Waals surface area contributed by atoms with Gasteiger partial charge in [-0.3, -0.25) is 8.99 Å². The summed E-state index contributed by atoms with van der Waals surface area (Å²) in [5.74, 6) is 0.653. The normalized spacial score (nSPS) is 11.4. The van der Waals surface area contributed by atoms with Crippen molar-refractivity contribution in [3.8, 4) is 5.75 Å². The minimum Gasteiger partial charge on any atom is -0.497 e. The van der Waals surface area contributed by atoms with Crippen molar-refractivity contribution in [3.63, 3.8) is 0 Å². The Kier molecular flexibility index (Phi) is 4.08. The lowest BCUT2D eigenvalue weighted by Gasteiger charge is -2.19. The third-order valence-corrected chi connectivity index (χ3v) is 4.96. The van der Waals surface area contributed by atoms with Gasteiger partial charge in [-0.15, -0.1) is 0 Å². The van der Waals surface area contributed by atoms with Crippen LogP contribution >= 0.6 is 0 Å². The molecule has 0 saturated heterocycles. The molecule has 21 heavy (non-hydrogen) atoms. The number of benzene rings is 1. The minimum absolute atomic E-state index is 0.00247. The highest BCUT2D eigenvalue weighted by Crippen LogP contribution is 2.26. The first kappa shape index (κ1) is 15.2. The third kappa shape index (κ3) is 2.80. The van der Waals surface area contributed by atoms with Gasteiger partial charge in [-0.1, -0.05) is 0 Å². The number of anilines is 2. The van der Waals surface area contributed by atoms with E-state index >= 15 is 0 Å². The number of methoxy groups -OCH3 is 1. The summed E-state index contributed by atoms with van der Waals surface area (Å²) < 4.78 is 32.9. The Hall–Kier alpha value is -2.22. The zero-order chi connectivity index (χ0) is 15.6. The summed E-state index contributed by atoms with van der Waals surface area (Å²) in [6, 6.07) is 6.72. The van der Waals surface area contributed by atoms with Crippen LogP contribution in [0.1, 0.15) is 6.92 Å². The summed E-state index contributed by atoms with van der Waals surface area (Å²) in [7, 11) is -0.724. The van der Waals surface area contributed by atoms with Gasteiger partial charge in [-0.25, -0.2) is 8.42 Å². The Balaban J connectivity index is 2.39. The van der Waals surface area contributed by atoms with Crippen molar-refractivity contribution in [1.82, 2.24) is 9.78 Å². The van der Waals surface area contributed by atoms with Crippen LogP contribution in [-0.2, 0) is 16.6 Å². The number of nitrogens with two attached hydrogens (primary N) is 1. The lowest BCUT2D eigenvalue weighted by atomic mass is 10.3. The molecule has 7 nitrogen and oxygen atoms in total. The maximum atomic E-state index is 12.6. The summed E-state index contributed by atoms with van der Waals surface area (Å²) >= 11 is 0. The molecular weight excluding hydrogens is 292 g/mol. The largest absolute Gasteiger partial charge is 0.497 e. The summed E-state index contributed by atoms with van der Waals surface area (Å²) in [5, 5.41) is 3.97. The van der Waals surface area contributed by atoms with E-state index in [2.05, 4.69) is 5.10 Å². The van der Waals surface area contributed by atoms with Crippen LogP contribution in [-0.4, -0.2) is 32.4 Å². The van der Waals surface area contributed by atoms with Gasteiger partial charge in [0.2, 0.25) is 0 Å². The first-order valence-electron chi connectivity index (χ1n) is 6.36. The Morgan fingerprint density at radius 3 is 2.43 bits per heavy atom. The Bertz CT molecular complexity index is 722. The molecule has 0 aliphatic carbocycles. The van der Waals surface area contributed by atoms with E-state index in [4.69, 9.17) is 10.5 Å². The predicted octanol–water partition coefficient (Wildman–Crippen LogP) is 1.32. The number of rotatable bonds is 5. The fourth-order valence-electron chi connectivity index (χ4n) is 1.86. The Labute approximate surface area is 124 Å². The third-order valence-electron chi connectivity index (χ3n) is 3.15. The van der Waals surface area contributed by atoms with E-state index in [0.29, 0.717) is 18.0 Å². The van der Waals surface area contributed by atoms with Crippen molar-refractivity contribution in [2.24, 2.45) is 0 Å². The van der Waals surface area contributed by atoms with Crippen molar-refractivity contribution in [3.05, 3.63) is 30.5 Å². The molecular formula is C13H18N4O3S. The quantitative estimate of drug-likeness (QED) is 0.899. The van der Waals surface area contributed by atoms with Gasteiger partial charge in [0, 0.05) is 19.8 Å². The monoisotopic (exact) mass is 310 g/mol. The molecule has 1 aromatic heterocycles. The van der Waals surface area contributed by atoms with Gasteiger partial charge in [0.1, 0.15) is 10.6 Å². The highest BCUT2D eigenvalue weighted by Gasteiger charge is 2.26. The molecule has 2 N–H and O–H groups in total. The topological polar surface area (TPSA) is 90.5 Å². The fraction of sp³-hybridized carbons (Fsp3) is 0.308. The number of nitrogen functional groups attached to an aromatic ring is 1. The van der Waals surface area contributed by atoms with Crippen molar-refractivity contribution in [1.29, 1.82) is 0 Å². The van der Waals surface area contributed by atoms with Crippen molar-refractivity contribution in [2.75, 3.05) is 24.2 Å². The van der Waals surface area contributed by atoms with Crippen LogP contribution in [0.15, 0.2) is 35.4 Å². The van der Waals surface area contributed by atoms with Crippen LogP contribution < -0.4 is 14.8 Å². The molecule has 2 aromatic rings. The summed E-state index contributed by atoms with van der Waals surface area (Å²) in [5.41, 5.74) is 6.22. The smallest absolute Gasteiger partial charge is 0.269 e. The van der Waals surface area contributed by atoms with Gasteiger partial charge in [0.05, 0.1) is 12.8 Å². The van der Waals surface area contributed by atoms with Crippen molar-refractivity contribution >= 4 is 21.5 Å². The second-order valence-electron chi connectivity index (χ2n) is 4.40. The van der Waals surface area contributed by atoms with E-state index in [-0.39, 0.29) is 10.7 Å². The molecule has 0 atom stereocenters. The minimum atomic E-state index is -3.75. The molecule has 2 rings (SSSR count). The van der Waals surface area contributed by atoms with E-state index in [1.165, 1.54) is 22.2 Å². The molecule has 0 aliphatic heterocycles. The molecule has 0 amide bonds. The number of nitrogens with zero attached hydrogens (tertiary/aromatic N) is 3. The van der Waals surface area contributed by atoms with Crippen LogP contribution in [0.4, 0.5) is 11.5 Å². The number of hydrogen-bond donors (Lipinski definition) is 1. The van der Waals surface area contributed by atoms with Crippen LogP contribution in [0.5, 0.6) is 5.75 Å². The lowest BCUT2D eigenvalue weighted by molar-refractivity contribution is 0.415. The maximum Gasteiger partial charge on any atom is 0.269 e. The lowest BCUT2D eigenvalue weighted by Crippen LogP contribution is -2.26. The fourth-order valence-corrected chi connectivity index (χ4v) is 3.11. The number of aromatic nitrogens is 2. The second kappa shape index (κ2) is 5.65. The molecule has 0 fully saturated rings. The number of aryl methyl sites for hydroxylation is 1. The number of hydrogen-bond acceptors (Lipinski definition) is 5. The molecule has 1 heterocycles. The van der Waals surface area contributed by atoms with Gasteiger partial charge in [-0.2, -0.15) is 5.10 Å². The summed E-state index contributed by atoms with van der Waals surface area (Å²) in [6.45, 7) is 2.40. The molecule has 0 aliphatic rings. The van der Waals surface area contributed by atoms with Crippen LogP contribution in [0.3, 0.4) is 0 Å². The summed E-state index contributed by atoms with van der Waals surface area (Å²) in [6.07, 6.45) is 1.44. The van der Waals surface area contributed by atoms with Gasteiger partial charge < -0.3 is 10.5 Å². The average Bonchev–Trinajstić information content (AvgIpc) is 2.88. The van der Waals surface area contributed by atoms with Gasteiger partial charge >= 0.3 is 0 Å². The van der Waals surface area contributed by atoms with E-state index < -0.39 is 10.0 Å². The summed E-state index contributed by atoms with van der Waals surface area (Å²) in [4.78, 5) is 0.00247. The molecule has 0 bridgehead atoms. The number of ether oxygens (including phenoxy) is 1. The average molecular weight is 310 g/mol. The van der Waals surface area contributed by atoms with Crippen molar-refractivity contribution < 1.29 is 13.2 Å². The van der Waals surface area contributed by atoms with E-state index in [9.17, 15) is 8.42 Å².